The number of nitrogens with one attached hydrogen (secondary N) is 1. The topological polar surface area (TPSA) is 95.9 Å². The Morgan fingerprint density at radius 2 is 1.93 bits per heavy atom. The van der Waals surface area contributed by atoms with Crippen LogP contribution >= 0.6 is 11.6 Å². The number of halogens is 1. The second-order valence-corrected chi connectivity index (χ2v) is 16.5. The van der Waals surface area contributed by atoms with Gasteiger partial charge in [0.2, 0.25) is 10.0 Å². The standard InChI is InChI=1S/C35H45ClN2O5S/c1-22(2)35(40)16-5-7-23(3)24(4)44(41,42)37-33(39)26-10-14-32-31(18-26)38(19-27-9-12-30(27)35)20-34(21-43-32)15-6-8-25-17-28(36)11-13-29(25)34/h5,10-11,13-14,16-18,22-24,27,30,40H,6-9,12,15,19-21H2,1-4H3,(H,37,39)/b16-5+/t23-,24+,27-,30+,34-,35-/m0/s1. The van der Waals surface area contributed by atoms with Gasteiger partial charge in [-0.25, -0.2) is 13.1 Å². The molecule has 1 saturated carbocycles. The zero-order valence-corrected chi connectivity index (χ0v) is 27.8. The van der Waals surface area contributed by atoms with Crippen molar-refractivity contribution in [3.8, 4) is 5.75 Å². The molecule has 2 N–H and O–H groups in total. The number of benzene rings is 2. The normalized spacial score (nSPS) is 34.2. The molecule has 44 heavy (non-hydrogen) atoms. The molecule has 2 aliphatic heterocycles. The average molecular weight is 641 g/mol. The summed E-state index contributed by atoms with van der Waals surface area (Å²) in [6.07, 6.45) is 9.24. The first kappa shape index (κ1) is 31.4. The first-order chi connectivity index (χ1) is 20.8. The van der Waals surface area contributed by atoms with Crippen LogP contribution in [0.3, 0.4) is 0 Å². The number of carbonyl (C=O) groups is 1. The average Bonchev–Trinajstić information content (AvgIpc) is 3.10. The van der Waals surface area contributed by atoms with Crippen molar-refractivity contribution < 1.29 is 23.1 Å². The molecule has 6 rings (SSSR count). The van der Waals surface area contributed by atoms with Crippen LogP contribution in [0.5, 0.6) is 5.75 Å². The number of rotatable bonds is 1. The van der Waals surface area contributed by atoms with Crippen molar-refractivity contribution in [3.05, 3.63) is 70.3 Å². The van der Waals surface area contributed by atoms with Crippen LogP contribution in [0.2, 0.25) is 5.02 Å². The van der Waals surface area contributed by atoms with Crippen molar-refractivity contribution >= 4 is 33.2 Å². The third kappa shape index (κ3) is 5.56. The number of hydrogen-bond acceptors (Lipinski definition) is 6. The molecule has 0 unspecified atom stereocenters. The molecule has 0 saturated heterocycles. The molecule has 1 spiro atoms. The van der Waals surface area contributed by atoms with E-state index in [2.05, 4.69) is 35.6 Å². The van der Waals surface area contributed by atoms with Gasteiger partial charge < -0.3 is 14.7 Å². The van der Waals surface area contributed by atoms with Gasteiger partial charge in [-0.3, -0.25) is 4.79 Å². The number of nitrogens with zero attached hydrogens (tertiary/aromatic N) is 1. The van der Waals surface area contributed by atoms with Crippen LogP contribution in [-0.4, -0.2) is 50.0 Å². The number of carbonyl (C=O) groups excluding carboxylic acids is 1. The number of allylic oxidation sites excluding steroid dienone is 1. The minimum absolute atomic E-state index is 0.00569. The molecule has 0 aromatic heterocycles. The van der Waals surface area contributed by atoms with Gasteiger partial charge in [-0.2, -0.15) is 0 Å². The number of hydrogen-bond donors (Lipinski definition) is 2. The quantitative estimate of drug-likeness (QED) is 0.357. The minimum Gasteiger partial charge on any atom is -0.490 e. The minimum atomic E-state index is -3.94. The molecule has 0 radical (unpaired) electrons. The number of fused-ring (bicyclic) bond motifs is 4. The summed E-state index contributed by atoms with van der Waals surface area (Å²) in [5, 5.41) is 12.1. The monoisotopic (exact) mass is 640 g/mol. The maximum Gasteiger partial charge on any atom is 0.264 e. The summed E-state index contributed by atoms with van der Waals surface area (Å²) in [7, 11) is -3.94. The SMILES string of the molecule is CC(C)[C@@]1(O)/C=C/C[C@H](C)[C@@H](C)S(=O)(=O)NC(=O)c2ccc3c(c2)N(C[C@@H]2CC[C@H]21)C[C@@]1(CCCc2cc(Cl)ccc21)CO3. The summed E-state index contributed by atoms with van der Waals surface area (Å²) in [6, 6.07) is 11.4. The van der Waals surface area contributed by atoms with Crippen molar-refractivity contribution in [2.24, 2.45) is 23.7 Å². The van der Waals surface area contributed by atoms with E-state index in [0.717, 1.165) is 42.8 Å². The first-order valence-electron chi connectivity index (χ1n) is 16.1. The maximum absolute atomic E-state index is 13.4. The summed E-state index contributed by atoms with van der Waals surface area (Å²) in [4.78, 5) is 15.8. The Bertz CT molecular complexity index is 1570. The van der Waals surface area contributed by atoms with E-state index in [-0.39, 0.29) is 34.7 Å². The van der Waals surface area contributed by atoms with Gasteiger partial charge >= 0.3 is 0 Å². The van der Waals surface area contributed by atoms with E-state index < -0.39 is 26.8 Å². The van der Waals surface area contributed by atoms with Crippen LogP contribution in [-0.2, 0) is 21.9 Å². The van der Waals surface area contributed by atoms with Gasteiger partial charge in [0, 0.05) is 29.1 Å². The molecule has 6 atom stereocenters. The highest BCUT2D eigenvalue weighted by Crippen LogP contribution is 2.49. The van der Waals surface area contributed by atoms with E-state index in [4.69, 9.17) is 16.3 Å². The largest absolute Gasteiger partial charge is 0.490 e. The Morgan fingerprint density at radius 1 is 1.14 bits per heavy atom. The zero-order valence-electron chi connectivity index (χ0n) is 26.2. The molecule has 238 valence electrons. The van der Waals surface area contributed by atoms with E-state index in [1.807, 2.05) is 25.1 Å². The van der Waals surface area contributed by atoms with Gasteiger partial charge in [0.05, 0.1) is 23.1 Å². The number of sulfonamides is 1. The number of aryl methyl sites for hydroxylation is 1. The summed E-state index contributed by atoms with van der Waals surface area (Å²) in [5.41, 5.74) is 2.30. The lowest BCUT2D eigenvalue weighted by molar-refractivity contribution is -0.0757. The Balaban J connectivity index is 1.46. The molecule has 2 aromatic carbocycles. The van der Waals surface area contributed by atoms with Crippen molar-refractivity contribution in [2.75, 3.05) is 24.6 Å². The highest BCUT2D eigenvalue weighted by atomic mass is 35.5. The van der Waals surface area contributed by atoms with Gasteiger partial charge in [-0.1, -0.05) is 50.6 Å². The summed E-state index contributed by atoms with van der Waals surface area (Å²) in [5.74, 6) is 0.0930. The van der Waals surface area contributed by atoms with Crippen molar-refractivity contribution in [1.82, 2.24) is 4.72 Å². The lowest BCUT2D eigenvalue weighted by Gasteiger charge is -2.50. The van der Waals surface area contributed by atoms with Gasteiger partial charge in [0.1, 0.15) is 5.75 Å². The maximum atomic E-state index is 13.4. The van der Waals surface area contributed by atoms with E-state index in [9.17, 15) is 18.3 Å². The zero-order chi connectivity index (χ0) is 31.4. The molecule has 2 bridgehead atoms. The van der Waals surface area contributed by atoms with Crippen LogP contribution in [0.4, 0.5) is 5.69 Å². The fourth-order valence-electron chi connectivity index (χ4n) is 7.93. The number of anilines is 1. The van der Waals surface area contributed by atoms with Gasteiger partial charge in [-0.15, -0.1) is 0 Å². The van der Waals surface area contributed by atoms with Crippen LogP contribution in [0, 0.1) is 23.7 Å². The Hall–Kier alpha value is -2.55. The molecular formula is C35H45ClN2O5S. The van der Waals surface area contributed by atoms with Crippen LogP contribution in [0.15, 0.2) is 48.6 Å². The predicted molar refractivity (Wildman–Crippen MR) is 175 cm³/mol. The van der Waals surface area contributed by atoms with E-state index >= 15 is 0 Å². The smallest absolute Gasteiger partial charge is 0.264 e. The lowest BCUT2D eigenvalue weighted by atomic mass is 9.61. The third-order valence-electron chi connectivity index (χ3n) is 11.1. The van der Waals surface area contributed by atoms with Gasteiger partial charge in [-0.05, 0) is 111 Å². The Morgan fingerprint density at radius 3 is 2.66 bits per heavy atom. The number of amides is 1. The molecule has 9 heteroatoms. The first-order valence-corrected chi connectivity index (χ1v) is 18.0. The fraction of sp³-hybridized carbons (Fsp3) is 0.571. The second-order valence-electron chi connectivity index (χ2n) is 14.1. The van der Waals surface area contributed by atoms with E-state index in [0.29, 0.717) is 31.9 Å². The van der Waals surface area contributed by atoms with Crippen molar-refractivity contribution in [2.45, 2.75) is 82.5 Å². The van der Waals surface area contributed by atoms with E-state index in [1.54, 1.807) is 25.1 Å². The lowest BCUT2D eigenvalue weighted by Crippen LogP contribution is -2.54. The van der Waals surface area contributed by atoms with E-state index in [1.165, 1.54) is 11.1 Å². The summed E-state index contributed by atoms with van der Waals surface area (Å²) >= 11 is 6.42. The molecule has 1 amide bonds. The summed E-state index contributed by atoms with van der Waals surface area (Å²) in [6.45, 7) is 9.50. The molecule has 2 heterocycles. The van der Waals surface area contributed by atoms with Crippen LogP contribution < -0.4 is 14.4 Å². The molecule has 1 fully saturated rings. The molecular weight excluding hydrogens is 596 g/mol. The highest BCUT2D eigenvalue weighted by molar-refractivity contribution is 7.90. The molecule has 4 aliphatic rings. The van der Waals surface area contributed by atoms with Crippen molar-refractivity contribution in [1.29, 1.82) is 0 Å². The molecule has 7 nitrogen and oxygen atoms in total. The van der Waals surface area contributed by atoms with Crippen molar-refractivity contribution in [3.63, 3.8) is 0 Å². The summed E-state index contributed by atoms with van der Waals surface area (Å²) < 4.78 is 35.5. The number of aliphatic hydroxyl groups is 1. The molecule has 2 aliphatic carbocycles. The Labute approximate surface area is 267 Å². The second kappa shape index (κ2) is 11.7. The van der Waals surface area contributed by atoms with Crippen LogP contribution in [0.25, 0.3) is 0 Å². The predicted octanol–water partition coefficient (Wildman–Crippen LogP) is 6.27. The van der Waals surface area contributed by atoms with Gasteiger partial charge in [0.25, 0.3) is 5.91 Å². The number of ether oxygens (including phenoxy) is 1. The molecule has 2 aromatic rings. The third-order valence-corrected chi connectivity index (χ3v) is 13.3. The van der Waals surface area contributed by atoms with Gasteiger partial charge in [0.15, 0.2) is 0 Å². The highest BCUT2D eigenvalue weighted by Gasteiger charge is 2.49. The Kier molecular flexibility index (Phi) is 8.34. The van der Waals surface area contributed by atoms with Crippen LogP contribution in [0.1, 0.15) is 81.3 Å². The fourth-order valence-corrected chi connectivity index (χ4v) is 9.41.